The Hall–Kier alpha value is -2.02. The second-order valence-electron chi connectivity index (χ2n) is 6.00. The summed E-state index contributed by atoms with van der Waals surface area (Å²) in [5.74, 6) is -2.35. The SMILES string of the molecule is CCN(CC(=O)Nc1c(F)cccc1F)CC(=O)NC1CCCC1. The van der Waals surface area contributed by atoms with Crippen molar-refractivity contribution in [1.29, 1.82) is 0 Å². The molecule has 1 aromatic rings. The summed E-state index contributed by atoms with van der Waals surface area (Å²) in [7, 11) is 0. The van der Waals surface area contributed by atoms with Gasteiger partial charge in [-0.2, -0.15) is 0 Å². The van der Waals surface area contributed by atoms with Crippen molar-refractivity contribution in [3.8, 4) is 0 Å². The lowest BCUT2D eigenvalue weighted by Crippen LogP contribution is -2.43. The Bertz CT molecular complexity index is 569. The van der Waals surface area contributed by atoms with E-state index in [2.05, 4.69) is 10.6 Å². The zero-order chi connectivity index (χ0) is 17.5. The van der Waals surface area contributed by atoms with E-state index >= 15 is 0 Å². The number of carbonyl (C=O) groups excluding carboxylic acids is 2. The molecule has 5 nitrogen and oxygen atoms in total. The number of para-hydroxylation sites is 1. The van der Waals surface area contributed by atoms with E-state index in [9.17, 15) is 18.4 Å². The maximum Gasteiger partial charge on any atom is 0.238 e. The number of nitrogens with one attached hydrogen (secondary N) is 2. The number of benzene rings is 1. The predicted molar refractivity (Wildman–Crippen MR) is 87.5 cm³/mol. The van der Waals surface area contributed by atoms with Gasteiger partial charge in [-0.1, -0.05) is 25.8 Å². The molecule has 2 N–H and O–H groups in total. The monoisotopic (exact) mass is 339 g/mol. The molecule has 1 aromatic carbocycles. The van der Waals surface area contributed by atoms with Crippen molar-refractivity contribution in [1.82, 2.24) is 10.2 Å². The first kappa shape index (κ1) is 18.3. The maximum atomic E-state index is 13.5. The lowest BCUT2D eigenvalue weighted by molar-refractivity contribution is -0.123. The summed E-state index contributed by atoms with van der Waals surface area (Å²) in [4.78, 5) is 25.6. The van der Waals surface area contributed by atoms with Crippen LogP contribution in [0.2, 0.25) is 0 Å². The smallest absolute Gasteiger partial charge is 0.238 e. The highest BCUT2D eigenvalue weighted by atomic mass is 19.1. The van der Waals surface area contributed by atoms with Crippen LogP contribution in [-0.2, 0) is 9.59 Å². The van der Waals surface area contributed by atoms with E-state index in [1.807, 2.05) is 6.92 Å². The van der Waals surface area contributed by atoms with Gasteiger partial charge in [0.2, 0.25) is 11.8 Å². The van der Waals surface area contributed by atoms with Crippen molar-refractivity contribution in [3.63, 3.8) is 0 Å². The first-order valence-corrected chi connectivity index (χ1v) is 8.25. The summed E-state index contributed by atoms with van der Waals surface area (Å²) < 4.78 is 27.1. The van der Waals surface area contributed by atoms with Crippen molar-refractivity contribution in [3.05, 3.63) is 29.8 Å². The van der Waals surface area contributed by atoms with Crippen molar-refractivity contribution < 1.29 is 18.4 Å². The van der Waals surface area contributed by atoms with Crippen LogP contribution in [0.25, 0.3) is 0 Å². The minimum atomic E-state index is -0.828. The number of amides is 2. The van der Waals surface area contributed by atoms with Gasteiger partial charge in [0, 0.05) is 6.04 Å². The highest BCUT2D eigenvalue weighted by molar-refractivity contribution is 5.92. The molecular weight excluding hydrogens is 316 g/mol. The van der Waals surface area contributed by atoms with Crippen molar-refractivity contribution in [2.75, 3.05) is 25.0 Å². The minimum Gasteiger partial charge on any atom is -0.352 e. The second-order valence-corrected chi connectivity index (χ2v) is 6.00. The van der Waals surface area contributed by atoms with Gasteiger partial charge in [-0.15, -0.1) is 0 Å². The number of halogens is 2. The van der Waals surface area contributed by atoms with E-state index in [0.29, 0.717) is 6.54 Å². The van der Waals surface area contributed by atoms with Crippen LogP contribution in [0.4, 0.5) is 14.5 Å². The number of carbonyl (C=O) groups is 2. The molecule has 7 heteroatoms. The van der Waals surface area contributed by atoms with Gasteiger partial charge >= 0.3 is 0 Å². The Kier molecular flexibility index (Phi) is 6.66. The summed E-state index contributed by atoms with van der Waals surface area (Å²) in [6.07, 6.45) is 4.23. The van der Waals surface area contributed by atoms with Crippen LogP contribution in [0, 0.1) is 11.6 Å². The molecule has 1 aliphatic carbocycles. The topological polar surface area (TPSA) is 61.4 Å². The number of rotatable bonds is 7. The van der Waals surface area contributed by atoms with E-state index < -0.39 is 23.2 Å². The van der Waals surface area contributed by atoms with Crippen molar-refractivity contribution in [2.45, 2.75) is 38.6 Å². The average molecular weight is 339 g/mol. The molecule has 0 unspecified atom stereocenters. The van der Waals surface area contributed by atoms with Crippen LogP contribution in [0.1, 0.15) is 32.6 Å². The molecule has 0 bridgehead atoms. The molecule has 0 aliphatic heterocycles. The van der Waals surface area contributed by atoms with Gasteiger partial charge in [0.1, 0.15) is 17.3 Å². The molecule has 0 heterocycles. The van der Waals surface area contributed by atoms with E-state index in [0.717, 1.165) is 37.8 Å². The van der Waals surface area contributed by atoms with Gasteiger partial charge < -0.3 is 10.6 Å². The fourth-order valence-electron chi connectivity index (χ4n) is 2.83. The normalized spacial score (nSPS) is 14.8. The van der Waals surface area contributed by atoms with E-state index in [1.54, 1.807) is 4.90 Å². The molecule has 1 aliphatic rings. The Morgan fingerprint density at radius 2 is 1.71 bits per heavy atom. The van der Waals surface area contributed by atoms with Crippen LogP contribution in [-0.4, -0.2) is 42.4 Å². The van der Waals surface area contributed by atoms with E-state index in [4.69, 9.17) is 0 Å². The van der Waals surface area contributed by atoms with Gasteiger partial charge in [-0.05, 0) is 31.5 Å². The van der Waals surface area contributed by atoms with Gasteiger partial charge in [0.15, 0.2) is 0 Å². The molecule has 1 fully saturated rings. The molecule has 0 aromatic heterocycles. The predicted octanol–water partition coefficient (Wildman–Crippen LogP) is 2.28. The number of nitrogens with zero attached hydrogens (tertiary/aromatic N) is 1. The van der Waals surface area contributed by atoms with Crippen LogP contribution in [0.15, 0.2) is 18.2 Å². The van der Waals surface area contributed by atoms with Crippen LogP contribution in [0.5, 0.6) is 0 Å². The Morgan fingerprint density at radius 1 is 1.12 bits per heavy atom. The summed E-state index contributed by atoms with van der Waals surface area (Å²) in [6.45, 7) is 2.27. The summed E-state index contributed by atoms with van der Waals surface area (Å²) >= 11 is 0. The molecule has 132 valence electrons. The molecule has 2 rings (SSSR count). The lowest BCUT2D eigenvalue weighted by Gasteiger charge is -2.21. The largest absolute Gasteiger partial charge is 0.352 e. The van der Waals surface area contributed by atoms with Gasteiger partial charge in [0.25, 0.3) is 0 Å². The van der Waals surface area contributed by atoms with Crippen LogP contribution in [0.3, 0.4) is 0 Å². The van der Waals surface area contributed by atoms with Gasteiger partial charge in [-0.25, -0.2) is 8.78 Å². The molecule has 0 spiro atoms. The number of hydrogen-bond donors (Lipinski definition) is 2. The highest BCUT2D eigenvalue weighted by Gasteiger charge is 2.20. The first-order chi connectivity index (χ1) is 11.5. The minimum absolute atomic E-state index is 0.0835. The number of likely N-dealkylation sites (N-methyl/N-ethyl adjacent to an activating group) is 1. The zero-order valence-corrected chi connectivity index (χ0v) is 13.8. The van der Waals surface area contributed by atoms with Gasteiger partial charge in [-0.3, -0.25) is 14.5 Å². The average Bonchev–Trinajstić information content (AvgIpc) is 3.03. The Labute approximate surface area is 140 Å². The summed E-state index contributed by atoms with van der Waals surface area (Å²) in [5.41, 5.74) is -0.464. The zero-order valence-electron chi connectivity index (χ0n) is 13.8. The fraction of sp³-hybridized carbons (Fsp3) is 0.529. The second kappa shape index (κ2) is 8.73. The molecule has 0 radical (unpaired) electrons. The standard InChI is InChI=1S/C17H23F2N3O2/c1-2-22(10-15(23)20-12-6-3-4-7-12)11-16(24)21-17-13(18)8-5-9-14(17)19/h5,8-9,12H,2-4,6-7,10-11H2,1H3,(H,20,23)(H,21,24). The summed E-state index contributed by atoms with van der Waals surface area (Å²) in [6, 6.07) is 3.60. The van der Waals surface area contributed by atoms with Crippen molar-refractivity contribution in [2.24, 2.45) is 0 Å². The van der Waals surface area contributed by atoms with Gasteiger partial charge in [0.05, 0.1) is 13.1 Å². The quantitative estimate of drug-likeness (QED) is 0.801. The summed E-state index contributed by atoms with van der Waals surface area (Å²) in [5, 5.41) is 5.18. The number of anilines is 1. The third-order valence-electron chi connectivity index (χ3n) is 4.13. The van der Waals surface area contributed by atoms with Crippen LogP contribution < -0.4 is 10.6 Å². The van der Waals surface area contributed by atoms with Crippen molar-refractivity contribution >= 4 is 17.5 Å². The molecule has 2 amide bonds. The molecule has 1 saturated carbocycles. The highest BCUT2D eigenvalue weighted by Crippen LogP contribution is 2.18. The first-order valence-electron chi connectivity index (χ1n) is 8.25. The maximum absolute atomic E-state index is 13.5. The molecule has 0 saturated heterocycles. The lowest BCUT2D eigenvalue weighted by atomic mass is 10.2. The molecule has 0 atom stereocenters. The molecule has 24 heavy (non-hydrogen) atoms. The fourth-order valence-corrected chi connectivity index (χ4v) is 2.83. The Balaban J connectivity index is 1.85. The van der Waals surface area contributed by atoms with E-state index in [1.165, 1.54) is 6.07 Å². The Morgan fingerprint density at radius 3 is 2.29 bits per heavy atom. The number of hydrogen-bond acceptors (Lipinski definition) is 3. The third-order valence-corrected chi connectivity index (χ3v) is 4.13. The third kappa shape index (κ3) is 5.26. The molecular formula is C17H23F2N3O2. The van der Waals surface area contributed by atoms with E-state index in [-0.39, 0.29) is 25.0 Å². The van der Waals surface area contributed by atoms with Crippen LogP contribution >= 0.6 is 0 Å².